The second-order valence-electron chi connectivity index (χ2n) is 7.30. The number of para-hydroxylation sites is 1. The van der Waals surface area contributed by atoms with Gasteiger partial charge >= 0.3 is 5.63 Å². The highest BCUT2D eigenvalue weighted by Gasteiger charge is 2.25. The third-order valence-electron chi connectivity index (χ3n) is 4.78. The van der Waals surface area contributed by atoms with E-state index >= 15 is 0 Å². The highest BCUT2D eigenvalue weighted by Crippen LogP contribution is 2.32. The van der Waals surface area contributed by atoms with Gasteiger partial charge in [0.15, 0.2) is 5.13 Å². The molecule has 31 heavy (non-hydrogen) atoms. The molecule has 2 aromatic carbocycles. The van der Waals surface area contributed by atoms with E-state index in [1.54, 1.807) is 23.1 Å². The molecule has 8 heteroatoms. The standard InChI is InChI=1S/C23H23N3O4S/c1-4-29-16-9-10-18-20(14-16)31-23(24-18)26(12-11-25(2)3)21(27)17-13-15-7-5-6-8-19(15)30-22(17)28/h5-10,13-14H,4,11-12H2,1-3H3. The zero-order chi connectivity index (χ0) is 22.0. The fourth-order valence-corrected chi connectivity index (χ4v) is 4.22. The van der Waals surface area contributed by atoms with E-state index in [4.69, 9.17) is 9.15 Å². The van der Waals surface area contributed by atoms with Crippen LogP contribution in [0.3, 0.4) is 0 Å². The maximum absolute atomic E-state index is 13.5. The summed E-state index contributed by atoms with van der Waals surface area (Å²) in [6.07, 6.45) is 0. The van der Waals surface area contributed by atoms with Crippen LogP contribution in [0.4, 0.5) is 5.13 Å². The summed E-state index contributed by atoms with van der Waals surface area (Å²) < 4.78 is 11.9. The van der Waals surface area contributed by atoms with Crippen molar-refractivity contribution in [2.24, 2.45) is 0 Å². The number of aromatic nitrogens is 1. The van der Waals surface area contributed by atoms with Crippen LogP contribution in [0.1, 0.15) is 17.3 Å². The van der Waals surface area contributed by atoms with E-state index in [1.807, 2.05) is 56.3 Å². The molecular formula is C23H23N3O4S. The summed E-state index contributed by atoms with van der Waals surface area (Å²) in [5.41, 5.74) is 0.564. The van der Waals surface area contributed by atoms with Gasteiger partial charge in [0.05, 0.1) is 16.8 Å². The third kappa shape index (κ3) is 4.45. The number of hydrogen-bond acceptors (Lipinski definition) is 7. The van der Waals surface area contributed by atoms with Crippen LogP contribution in [0.15, 0.2) is 57.7 Å². The zero-order valence-electron chi connectivity index (χ0n) is 17.6. The van der Waals surface area contributed by atoms with Gasteiger partial charge in [0.2, 0.25) is 0 Å². The number of thiazole rings is 1. The Hall–Kier alpha value is -3.23. The average Bonchev–Trinajstić information content (AvgIpc) is 3.16. The molecule has 2 aromatic heterocycles. The van der Waals surface area contributed by atoms with Crippen LogP contribution in [-0.4, -0.2) is 49.6 Å². The van der Waals surface area contributed by atoms with Gasteiger partial charge in [-0.2, -0.15) is 0 Å². The monoisotopic (exact) mass is 437 g/mol. The molecule has 4 rings (SSSR count). The van der Waals surface area contributed by atoms with Crippen molar-refractivity contribution in [3.63, 3.8) is 0 Å². The number of carbonyl (C=O) groups is 1. The van der Waals surface area contributed by atoms with E-state index < -0.39 is 11.5 Å². The van der Waals surface area contributed by atoms with Gasteiger partial charge in [0, 0.05) is 18.5 Å². The van der Waals surface area contributed by atoms with Gasteiger partial charge in [0.25, 0.3) is 5.91 Å². The Morgan fingerprint density at radius 1 is 1.13 bits per heavy atom. The molecule has 0 bridgehead atoms. The summed E-state index contributed by atoms with van der Waals surface area (Å²) >= 11 is 1.39. The number of nitrogens with zero attached hydrogens (tertiary/aromatic N) is 3. The van der Waals surface area contributed by atoms with E-state index in [9.17, 15) is 9.59 Å². The van der Waals surface area contributed by atoms with Crippen LogP contribution >= 0.6 is 11.3 Å². The fraction of sp³-hybridized carbons (Fsp3) is 0.261. The SMILES string of the molecule is CCOc1ccc2nc(N(CCN(C)C)C(=O)c3cc4ccccc4oc3=O)sc2c1. The quantitative estimate of drug-likeness (QED) is 0.407. The Kier molecular flexibility index (Phi) is 6.01. The maximum atomic E-state index is 13.5. The van der Waals surface area contributed by atoms with Gasteiger partial charge in [-0.05, 0) is 51.4 Å². The Morgan fingerprint density at radius 3 is 2.71 bits per heavy atom. The molecule has 0 radical (unpaired) electrons. The summed E-state index contributed by atoms with van der Waals surface area (Å²) in [6, 6.07) is 14.4. The van der Waals surface area contributed by atoms with Gasteiger partial charge in [0.1, 0.15) is 16.9 Å². The van der Waals surface area contributed by atoms with E-state index in [0.29, 0.717) is 35.8 Å². The Bertz CT molecular complexity index is 1290. The molecule has 0 spiro atoms. The predicted octanol–water partition coefficient (Wildman–Crippen LogP) is 4.01. The molecule has 1 amide bonds. The number of amides is 1. The van der Waals surface area contributed by atoms with Crippen molar-refractivity contribution in [3.8, 4) is 5.75 Å². The molecule has 4 aromatic rings. The van der Waals surface area contributed by atoms with E-state index in [-0.39, 0.29) is 5.56 Å². The van der Waals surface area contributed by atoms with Gasteiger partial charge in [-0.25, -0.2) is 9.78 Å². The second-order valence-corrected chi connectivity index (χ2v) is 8.31. The molecule has 0 fully saturated rings. The third-order valence-corrected chi connectivity index (χ3v) is 5.82. The molecule has 0 aliphatic rings. The van der Waals surface area contributed by atoms with E-state index in [1.165, 1.54) is 11.3 Å². The van der Waals surface area contributed by atoms with E-state index in [0.717, 1.165) is 16.0 Å². The molecule has 0 aliphatic heterocycles. The van der Waals surface area contributed by atoms with E-state index in [2.05, 4.69) is 4.98 Å². The first-order chi connectivity index (χ1) is 15.0. The number of fused-ring (bicyclic) bond motifs is 2. The first-order valence-electron chi connectivity index (χ1n) is 9.99. The fourth-order valence-electron chi connectivity index (χ4n) is 3.21. The summed E-state index contributed by atoms with van der Waals surface area (Å²) in [5.74, 6) is 0.331. The summed E-state index contributed by atoms with van der Waals surface area (Å²) in [5, 5.41) is 1.23. The molecule has 0 N–H and O–H groups in total. The van der Waals surface area contributed by atoms with Crippen LogP contribution < -0.4 is 15.3 Å². The zero-order valence-corrected chi connectivity index (χ0v) is 18.4. The van der Waals surface area contributed by atoms with Crippen LogP contribution in [0.5, 0.6) is 5.75 Å². The number of carbonyl (C=O) groups excluding carboxylic acids is 1. The van der Waals surface area contributed by atoms with Crippen LogP contribution in [0.2, 0.25) is 0 Å². The number of hydrogen-bond donors (Lipinski definition) is 0. The van der Waals surface area contributed by atoms with Crippen molar-refractivity contribution in [2.45, 2.75) is 6.92 Å². The minimum atomic E-state index is -0.654. The minimum Gasteiger partial charge on any atom is -0.494 e. The number of ether oxygens (including phenoxy) is 1. The number of rotatable bonds is 7. The largest absolute Gasteiger partial charge is 0.494 e. The van der Waals surface area contributed by atoms with Crippen molar-refractivity contribution in [1.82, 2.24) is 9.88 Å². The van der Waals surface area contributed by atoms with Crippen molar-refractivity contribution in [2.75, 3.05) is 38.7 Å². The summed E-state index contributed by atoms with van der Waals surface area (Å²) in [6.45, 7) is 3.50. The van der Waals surface area contributed by atoms with Crippen molar-refractivity contribution < 1.29 is 13.9 Å². The molecule has 0 saturated carbocycles. The molecule has 0 unspecified atom stereocenters. The predicted molar refractivity (Wildman–Crippen MR) is 124 cm³/mol. The highest BCUT2D eigenvalue weighted by atomic mass is 32.1. The lowest BCUT2D eigenvalue weighted by Gasteiger charge is -2.21. The Balaban J connectivity index is 1.76. The summed E-state index contributed by atoms with van der Waals surface area (Å²) in [4.78, 5) is 34.2. The Labute approximate surface area is 183 Å². The number of likely N-dealkylation sites (N-methyl/N-ethyl adjacent to an activating group) is 1. The molecule has 2 heterocycles. The lowest BCUT2D eigenvalue weighted by Crippen LogP contribution is -2.38. The molecule has 7 nitrogen and oxygen atoms in total. The van der Waals surface area contributed by atoms with Crippen LogP contribution in [0, 0.1) is 0 Å². The maximum Gasteiger partial charge on any atom is 0.349 e. The first kappa shape index (κ1) is 21.0. The molecule has 0 saturated heterocycles. The molecule has 0 atom stereocenters. The normalized spacial score (nSPS) is 11.4. The molecule has 0 aliphatic carbocycles. The van der Waals surface area contributed by atoms with Gasteiger partial charge < -0.3 is 14.1 Å². The van der Waals surface area contributed by atoms with Gasteiger partial charge in [-0.15, -0.1) is 0 Å². The summed E-state index contributed by atoms with van der Waals surface area (Å²) in [7, 11) is 3.86. The van der Waals surface area contributed by atoms with Crippen molar-refractivity contribution >= 4 is 43.6 Å². The van der Waals surface area contributed by atoms with Crippen molar-refractivity contribution in [1.29, 1.82) is 0 Å². The van der Waals surface area contributed by atoms with Gasteiger partial charge in [-0.3, -0.25) is 9.69 Å². The van der Waals surface area contributed by atoms with Crippen LogP contribution in [0.25, 0.3) is 21.2 Å². The highest BCUT2D eigenvalue weighted by molar-refractivity contribution is 7.22. The Morgan fingerprint density at radius 2 is 1.94 bits per heavy atom. The second kappa shape index (κ2) is 8.87. The van der Waals surface area contributed by atoms with Gasteiger partial charge in [-0.1, -0.05) is 29.5 Å². The number of anilines is 1. The molecular weight excluding hydrogens is 414 g/mol. The van der Waals surface area contributed by atoms with Crippen LogP contribution in [-0.2, 0) is 0 Å². The average molecular weight is 438 g/mol. The van der Waals surface area contributed by atoms with Crippen molar-refractivity contribution in [3.05, 3.63) is 64.5 Å². The lowest BCUT2D eigenvalue weighted by atomic mass is 10.1. The lowest BCUT2D eigenvalue weighted by molar-refractivity contribution is 0.0982. The number of benzene rings is 2. The first-order valence-corrected chi connectivity index (χ1v) is 10.8. The molecule has 160 valence electrons. The smallest absolute Gasteiger partial charge is 0.349 e. The minimum absolute atomic E-state index is 0.00767. The topological polar surface area (TPSA) is 75.9 Å².